The summed E-state index contributed by atoms with van der Waals surface area (Å²) in [5.41, 5.74) is 0. The van der Waals surface area contributed by atoms with Crippen LogP contribution in [-0.2, 0) is 0 Å². The minimum Gasteiger partial charge on any atom is -0.652 e. The second kappa shape index (κ2) is 6.91. The number of carbonyl (C=O) groups excluding carboxylic acids is 1. The molecule has 0 aromatic carbocycles. The van der Waals surface area contributed by atoms with Gasteiger partial charge in [0.2, 0.25) is 0 Å². The third-order valence-corrected chi connectivity index (χ3v) is 2.29. The summed E-state index contributed by atoms with van der Waals surface area (Å²) in [6, 6.07) is 0. The molecule has 0 saturated heterocycles. The van der Waals surface area contributed by atoms with E-state index in [1.807, 2.05) is 0 Å². The number of quaternary nitrogens is 1. The van der Waals surface area contributed by atoms with Gasteiger partial charge in [0.05, 0.1) is 26.7 Å². The monoisotopic (exact) mass is 177 g/mol. The van der Waals surface area contributed by atoms with Crippen molar-refractivity contribution >= 4 is 6.16 Å². The number of hydrogen-bond acceptors (Lipinski definition) is 3. The van der Waals surface area contributed by atoms with Gasteiger partial charge in [-0.15, -0.1) is 0 Å². The highest BCUT2D eigenvalue weighted by Gasteiger charge is 2.10. The minimum absolute atomic E-state index is 0. The molecule has 0 radical (unpaired) electrons. The lowest BCUT2D eigenvalue weighted by atomic mass is 10.4. The summed E-state index contributed by atoms with van der Waals surface area (Å²) in [4.78, 5) is 8.33. The minimum atomic E-state index is -2.33. The lowest BCUT2D eigenvalue weighted by Crippen LogP contribution is -2.42. The van der Waals surface area contributed by atoms with Gasteiger partial charge >= 0.3 is 1.43 Å². The van der Waals surface area contributed by atoms with E-state index >= 15 is 0 Å². The molecule has 0 aliphatic heterocycles. The van der Waals surface area contributed by atoms with Crippen molar-refractivity contribution < 1.29 is 20.9 Å². The van der Waals surface area contributed by atoms with Crippen LogP contribution in [0, 0.1) is 0 Å². The van der Waals surface area contributed by atoms with Crippen LogP contribution in [0.1, 0.15) is 22.2 Å². The molecule has 0 amide bonds. The molecule has 0 unspecified atom stereocenters. The van der Waals surface area contributed by atoms with E-state index in [-0.39, 0.29) is 1.43 Å². The second-order valence-electron chi connectivity index (χ2n) is 2.82. The van der Waals surface area contributed by atoms with Gasteiger partial charge in [-0.3, -0.25) is 0 Å². The highest BCUT2D eigenvalue weighted by molar-refractivity contribution is 5.47. The van der Waals surface area contributed by atoms with Crippen LogP contribution in [0.5, 0.6) is 0 Å². The van der Waals surface area contributed by atoms with E-state index in [0.29, 0.717) is 0 Å². The van der Waals surface area contributed by atoms with E-state index in [9.17, 15) is 0 Å². The van der Waals surface area contributed by atoms with Crippen molar-refractivity contribution in [1.29, 1.82) is 0 Å². The summed E-state index contributed by atoms with van der Waals surface area (Å²) in [6.45, 7) is 10.5. The quantitative estimate of drug-likeness (QED) is 0.528. The Hall–Kier alpha value is -0.770. The van der Waals surface area contributed by atoms with Gasteiger partial charge in [-0.1, -0.05) is 0 Å². The lowest BCUT2D eigenvalue weighted by Gasteiger charge is -2.30. The molecule has 0 rings (SSSR count). The number of hydrogen-bond donors (Lipinski definition) is 0. The van der Waals surface area contributed by atoms with E-state index in [1.54, 1.807) is 0 Å². The van der Waals surface area contributed by atoms with Crippen molar-refractivity contribution in [3.63, 3.8) is 0 Å². The zero-order valence-electron chi connectivity index (χ0n) is 9.29. The van der Waals surface area contributed by atoms with Gasteiger partial charge in [0.25, 0.3) is 0 Å². The first kappa shape index (κ1) is 13.8. The predicted molar refractivity (Wildman–Crippen MR) is 44.3 cm³/mol. The number of rotatable bonds is 3. The maximum absolute atomic E-state index is 8.33. The van der Waals surface area contributed by atoms with E-state index < -0.39 is 6.16 Å². The number of carbonyl (C=O) groups is 1. The normalized spacial score (nSPS) is 10.0. The molecule has 0 aliphatic rings. The molecule has 4 nitrogen and oxygen atoms in total. The average molecular weight is 177 g/mol. The molecular weight excluding hydrogens is 158 g/mol. The highest BCUT2D eigenvalue weighted by atomic mass is 16.6. The van der Waals surface area contributed by atoms with Gasteiger partial charge < -0.3 is 19.5 Å². The van der Waals surface area contributed by atoms with Crippen molar-refractivity contribution in [2.45, 2.75) is 20.8 Å². The summed E-state index contributed by atoms with van der Waals surface area (Å²) in [7, 11) is 2.29. The fourth-order valence-electron chi connectivity index (χ4n) is 0.671. The SMILES string of the molecule is CC[N+](C)(CC)CC.O=C([O-])[O-].[H+]. The fraction of sp³-hybridized carbons (Fsp3) is 0.875. The molecule has 0 spiro atoms. The standard InChI is InChI=1S/C7H18N.CH2O3/c1-5-8(4,6-2)7-3;2-1(3)4/h5-7H2,1-4H3;(H2,2,3,4)/q+1;/p-1. The highest BCUT2D eigenvalue weighted by Crippen LogP contribution is 1.97. The van der Waals surface area contributed by atoms with E-state index in [4.69, 9.17) is 15.0 Å². The van der Waals surface area contributed by atoms with Crippen LogP contribution in [-0.4, -0.2) is 37.3 Å². The molecule has 4 heteroatoms. The Morgan fingerprint density at radius 3 is 1.33 bits per heavy atom. The maximum Gasteiger partial charge on any atom is 1.00 e. The summed E-state index contributed by atoms with van der Waals surface area (Å²) >= 11 is 0. The first-order chi connectivity index (χ1) is 5.41. The lowest BCUT2D eigenvalue weighted by molar-refractivity contribution is -0.904. The van der Waals surface area contributed by atoms with E-state index in [0.717, 1.165) is 0 Å². The van der Waals surface area contributed by atoms with Crippen LogP contribution >= 0.6 is 0 Å². The van der Waals surface area contributed by atoms with Gasteiger partial charge in [-0.25, -0.2) is 0 Å². The molecule has 74 valence electrons. The Bertz CT molecular complexity index is 114. The molecule has 0 aromatic rings. The number of nitrogens with zero attached hydrogens (tertiary/aromatic N) is 1. The zero-order valence-corrected chi connectivity index (χ0v) is 8.29. The molecule has 0 aliphatic carbocycles. The molecule has 0 bridgehead atoms. The Morgan fingerprint density at radius 2 is 1.33 bits per heavy atom. The fourth-order valence-corrected chi connectivity index (χ4v) is 0.671. The molecular formula is C8H19NO3. The molecule has 0 N–H and O–H groups in total. The number of carboxylic acid groups (broad SMARTS) is 2. The van der Waals surface area contributed by atoms with Crippen LogP contribution in [0.15, 0.2) is 0 Å². The van der Waals surface area contributed by atoms with Crippen LogP contribution in [0.25, 0.3) is 0 Å². The molecule has 12 heavy (non-hydrogen) atoms. The molecule has 0 heterocycles. The Kier molecular flexibility index (Phi) is 7.94. The summed E-state index contributed by atoms with van der Waals surface area (Å²) in [5, 5.41) is 16.7. The second-order valence-corrected chi connectivity index (χ2v) is 2.82. The largest absolute Gasteiger partial charge is 1.00 e. The Balaban J connectivity index is -0.000000173. The van der Waals surface area contributed by atoms with Crippen molar-refractivity contribution in [2.75, 3.05) is 26.7 Å². The molecule has 0 atom stereocenters. The smallest absolute Gasteiger partial charge is 0.652 e. The maximum atomic E-state index is 8.33. The first-order valence-corrected chi connectivity index (χ1v) is 4.13. The topological polar surface area (TPSA) is 63.2 Å². The molecule has 0 fully saturated rings. The first-order valence-electron chi connectivity index (χ1n) is 4.13. The van der Waals surface area contributed by atoms with Crippen molar-refractivity contribution in [3.8, 4) is 0 Å². The summed E-state index contributed by atoms with van der Waals surface area (Å²) in [6.07, 6.45) is -2.33. The summed E-state index contributed by atoms with van der Waals surface area (Å²) in [5.74, 6) is 0. The van der Waals surface area contributed by atoms with Crippen molar-refractivity contribution in [3.05, 3.63) is 0 Å². The van der Waals surface area contributed by atoms with Gasteiger partial charge in [0.15, 0.2) is 0 Å². The van der Waals surface area contributed by atoms with Crippen molar-refractivity contribution in [1.82, 2.24) is 0 Å². The molecule has 0 saturated carbocycles. The van der Waals surface area contributed by atoms with E-state index in [1.165, 1.54) is 24.1 Å². The third-order valence-electron chi connectivity index (χ3n) is 2.29. The average Bonchev–Trinajstić information content (AvgIpc) is 2.02. The van der Waals surface area contributed by atoms with Gasteiger partial charge in [-0.05, 0) is 26.9 Å². The van der Waals surface area contributed by atoms with Gasteiger partial charge in [0, 0.05) is 0 Å². The predicted octanol–water partition coefficient (Wildman–Crippen LogP) is -0.842. The summed E-state index contributed by atoms with van der Waals surface area (Å²) < 4.78 is 1.21. The van der Waals surface area contributed by atoms with Gasteiger partial charge in [-0.2, -0.15) is 0 Å². The third kappa shape index (κ3) is 9.23. The zero-order chi connectivity index (χ0) is 10.2. The molecule has 0 aromatic heterocycles. The Morgan fingerprint density at radius 1 is 1.17 bits per heavy atom. The van der Waals surface area contributed by atoms with Crippen LogP contribution in [0.3, 0.4) is 0 Å². The van der Waals surface area contributed by atoms with Gasteiger partial charge in [0.1, 0.15) is 0 Å². The Labute approximate surface area is 75.5 Å². The van der Waals surface area contributed by atoms with Crippen molar-refractivity contribution in [2.24, 2.45) is 0 Å². The van der Waals surface area contributed by atoms with Crippen LogP contribution < -0.4 is 10.2 Å². The van der Waals surface area contributed by atoms with E-state index in [2.05, 4.69) is 27.8 Å². The van der Waals surface area contributed by atoms with Crippen LogP contribution in [0.2, 0.25) is 0 Å². The van der Waals surface area contributed by atoms with Crippen LogP contribution in [0.4, 0.5) is 4.79 Å².